The van der Waals surface area contributed by atoms with Crippen LogP contribution in [-0.4, -0.2) is 35.7 Å². The van der Waals surface area contributed by atoms with Gasteiger partial charge in [-0.25, -0.2) is 4.79 Å². The van der Waals surface area contributed by atoms with Crippen LogP contribution in [0.2, 0.25) is 0 Å². The van der Waals surface area contributed by atoms with E-state index >= 15 is 0 Å². The lowest BCUT2D eigenvalue weighted by Crippen LogP contribution is -2.41. The largest absolute Gasteiger partial charge is 0.456 e. The van der Waals surface area contributed by atoms with Gasteiger partial charge < -0.3 is 9.47 Å². The SMILES string of the molecule is [N-]=[N+]=NC(=O)OC1CC(Cl)C(C2CO2)CC1Cl. The van der Waals surface area contributed by atoms with Gasteiger partial charge in [-0.2, -0.15) is 0 Å². The van der Waals surface area contributed by atoms with E-state index in [1.165, 1.54) is 0 Å². The van der Waals surface area contributed by atoms with Gasteiger partial charge >= 0.3 is 6.09 Å². The van der Waals surface area contributed by atoms with Crippen molar-refractivity contribution >= 4 is 29.3 Å². The van der Waals surface area contributed by atoms with Gasteiger partial charge in [0.15, 0.2) is 0 Å². The topological polar surface area (TPSA) is 87.6 Å². The fourth-order valence-electron chi connectivity index (χ4n) is 2.10. The number of hydrogen-bond acceptors (Lipinski definition) is 3. The Morgan fingerprint density at radius 1 is 1.41 bits per heavy atom. The van der Waals surface area contributed by atoms with Crippen LogP contribution >= 0.6 is 23.2 Å². The smallest absolute Gasteiger partial charge is 0.397 e. The quantitative estimate of drug-likeness (QED) is 0.256. The van der Waals surface area contributed by atoms with E-state index < -0.39 is 12.2 Å². The highest BCUT2D eigenvalue weighted by atomic mass is 35.5. The lowest BCUT2D eigenvalue weighted by atomic mass is 9.84. The normalized spacial score (nSPS) is 40.2. The molecule has 17 heavy (non-hydrogen) atoms. The van der Waals surface area contributed by atoms with E-state index in [0.29, 0.717) is 12.8 Å². The van der Waals surface area contributed by atoms with Crippen molar-refractivity contribution in [2.45, 2.75) is 35.8 Å². The molecule has 2 aliphatic rings. The van der Waals surface area contributed by atoms with E-state index in [-0.39, 0.29) is 22.8 Å². The van der Waals surface area contributed by atoms with Crippen molar-refractivity contribution in [1.82, 2.24) is 0 Å². The first kappa shape index (κ1) is 12.8. The van der Waals surface area contributed by atoms with E-state index in [4.69, 9.17) is 38.2 Å². The minimum absolute atomic E-state index is 0.138. The zero-order valence-electron chi connectivity index (χ0n) is 8.83. The second-order valence-electron chi connectivity index (χ2n) is 4.15. The summed E-state index contributed by atoms with van der Waals surface area (Å²) in [5, 5.41) is 2.38. The first-order chi connectivity index (χ1) is 8.11. The van der Waals surface area contributed by atoms with Gasteiger partial charge in [-0.1, -0.05) is 0 Å². The van der Waals surface area contributed by atoms with Crippen molar-refractivity contribution in [3.63, 3.8) is 0 Å². The highest BCUT2D eigenvalue weighted by molar-refractivity contribution is 6.23. The summed E-state index contributed by atoms with van der Waals surface area (Å²) in [7, 11) is 0. The van der Waals surface area contributed by atoms with Crippen molar-refractivity contribution in [3.8, 4) is 0 Å². The fourth-order valence-corrected chi connectivity index (χ4v) is 2.90. The number of azide groups is 1. The molecule has 8 heteroatoms. The molecular formula is C9H11Cl2N3O3. The third-order valence-electron chi connectivity index (χ3n) is 3.04. The van der Waals surface area contributed by atoms with Gasteiger partial charge in [0.1, 0.15) is 6.10 Å². The summed E-state index contributed by atoms with van der Waals surface area (Å²) in [4.78, 5) is 13.4. The second-order valence-corrected chi connectivity index (χ2v) is 5.27. The number of carbonyl (C=O) groups is 1. The highest BCUT2D eigenvalue weighted by Gasteiger charge is 2.45. The van der Waals surface area contributed by atoms with Crippen LogP contribution in [0.25, 0.3) is 10.4 Å². The lowest BCUT2D eigenvalue weighted by Gasteiger charge is -2.34. The van der Waals surface area contributed by atoms with E-state index in [1.807, 2.05) is 0 Å². The van der Waals surface area contributed by atoms with Crippen molar-refractivity contribution in [2.24, 2.45) is 11.0 Å². The van der Waals surface area contributed by atoms with Crippen molar-refractivity contribution in [3.05, 3.63) is 10.4 Å². The number of alkyl halides is 2. The minimum atomic E-state index is -0.965. The third-order valence-corrected chi connectivity index (χ3v) is 4.00. The van der Waals surface area contributed by atoms with Crippen LogP contribution in [0.1, 0.15) is 12.8 Å². The van der Waals surface area contributed by atoms with Crippen LogP contribution in [0.3, 0.4) is 0 Å². The van der Waals surface area contributed by atoms with Crippen LogP contribution in [0.5, 0.6) is 0 Å². The number of nitrogens with zero attached hydrogens (tertiary/aromatic N) is 3. The number of halogens is 2. The van der Waals surface area contributed by atoms with Gasteiger partial charge in [0, 0.05) is 27.7 Å². The first-order valence-corrected chi connectivity index (χ1v) is 6.14. The molecule has 0 aromatic rings. The Morgan fingerprint density at radius 3 is 2.71 bits per heavy atom. The van der Waals surface area contributed by atoms with Crippen LogP contribution in [0.15, 0.2) is 5.11 Å². The summed E-state index contributed by atoms with van der Waals surface area (Å²) in [5.74, 6) is 0.202. The molecule has 1 aliphatic carbocycles. The molecule has 1 heterocycles. The molecule has 0 spiro atoms. The number of carbonyl (C=O) groups excluding carboxylic acids is 1. The van der Waals surface area contributed by atoms with Crippen molar-refractivity contribution in [2.75, 3.05) is 6.61 Å². The predicted molar refractivity (Wildman–Crippen MR) is 61.2 cm³/mol. The molecule has 5 atom stereocenters. The Kier molecular flexibility index (Phi) is 3.99. The van der Waals surface area contributed by atoms with Gasteiger partial charge in [-0.3, -0.25) is 0 Å². The third kappa shape index (κ3) is 3.16. The Bertz CT molecular complexity index is 357. The summed E-state index contributed by atoms with van der Waals surface area (Å²) < 4.78 is 10.2. The number of ether oxygens (including phenoxy) is 2. The molecule has 1 saturated carbocycles. The molecule has 0 aromatic heterocycles. The summed E-state index contributed by atoms with van der Waals surface area (Å²) in [6, 6.07) is 0. The molecule has 5 unspecified atom stereocenters. The first-order valence-electron chi connectivity index (χ1n) is 5.27. The summed E-state index contributed by atoms with van der Waals surface area (Å²) in [5.41, 5.74) is 8.09. The molecule has 2 rings (SSSR count). The van der Waals surface area contributed by atoms with E-state index in [1.54, 1.807) is 0 Å². The molecule has 94 valence electrons. The predicted octanol–water partition coefficient (Wildman–Crippen LogP) is 2.83. The average Bonchev–Trinajstić information content (AvgIpc) is 3.07. The second kappa shape index (κ2) is 5.31. The lowest BCUT2D eigenvalue weighted by molar-refractivity contribution is 0.0716. The van der Waals surface area contributed by atoms with Gasteiger partial charge in [0.25, 0.3) is 0 Å². The maximum Gasteiger partial charge on any atom is 0.397 e. The molecule has 6 nitrogen and oxygen atoms in total. The van der Waals surface area contributed by atoms with E-state index in [0.717, 1.165) is 6.61 Å². The van der Waals surface area contributed by atoms with Crippen molar-refractivity contribution in [1.29, 1.82) is 0 Å². The fraction of sp³-hybridized carbons (Fsp3) is 0.889. The Hall–Kier alpha value is -0.680. The summed E-state index contributed by atoms with van der Waals surface area (Å²) in [6.07, 6.45) is -0.200. The highest BCUT2D eigenvalue weighted by Crippen LogP contribution is 2.39. The monoisotopic (exact) mass is 279 g/mol. The van der Waals surface area contributed by atoms with Crippen LogP contribution < -0.4 is 0 Å². The van der Waals surface area contributed by atoms with Crippen LogP contribution in [0, 0.1) is 5.92 Å². The van der Waals surface area contributed by atoms with E-state index in [2.05, 4.69) is 10.0 Å². The molecule has 1 aliphatic heterocycles. The van der Waals surface area contributed by atoms with Crippen LogP contribution in [0.4, 0.5) is 4.79 Å². The van der Waals surface area contributed by atoms with Gasteiger partial charge in [-0.15, -0.1) is 23.2 Å². The molecule has 0 radical (unpaired) electrons. The molecule has 1 saturated heterocycles. The zero-order chi connectivity index (χ0) is 12.4. The van der Waals surface area contributed by atoms with E-state index in [9.17, 15) is 4.79 Å². The molecule has 2 fully saturated rings. The van der Waals surface area contributed by atoms with Gasteiger partial charge in [0.05, 0.1) is 18.1 Å². The van der Waals surface area contributed by atoms with Gasteiger partial charge in [0.2, 0.25) is 0 Å². The van der Waals surface area contributed by atoms with Crippen LogP contribution in [-0.2, 0) is 9.47 Å². The standard InChI is InChI=1S/C9H11Cl2N3O3/c10-5-2-7(17-9(15)13-14-12)6(11)1-4(5)8-3-16-8/h4-8H,1-3H2. The van der Waals surface area contributed by atoms with Crippen molar-refractivity contribution < 1.29 is 14.3 Å². The summed E-state index contributed by atoms with van der Waals surface area (Å²) in [6.45, 7) is 0.723. The Balaban J connectivity index is 1.92. The summed E-state index contributed by atoms with van der Waals surface area (Å²) >= 11 is 12.3. The molecule has 0 aromatic carbocycles. The minimum Gasteiger partial charge on any atom is -0.456 e. The van der Waals surface area contributed by atoms with Gasteiger partial charge in [-0.05, 0) is 12.0 Å². The number of hydrogen-bond donors (Lipinski definition) is 0. The number of rotatable bonds is 2. The maximum absolute atomic E-state index is 11.0. The molecule has 0 N–H and O–H groups in total. The average molecular weight is 280 g/mol. The molecular weight excluding hydrogens is 269 g/mol. The maximum atomic E-state index is 11.0. The molecule has 1 amide bonds. The zero-order valence-corrected chi connectivity index (χ0v) is 10.3. The number of amides is 1. The number of epoxide rings is 1. The molecule has 0 bridgehead atoms. The Morgan fingerprint density at radius 2 is 2.12 bits per heavy atom. The Labute approximate surface area is 108 Å².